The Kier molecular flexibility index (Phi) is 8.48. The van der Waals surface area contributed by atoms with Gasteiger partial charge in [0.2, 0.25) is 0 Å². The summed E-state index contributed by atoms with van der Waals surface area (Å²) in [5.74, 6) is -0.696. The topological polar surface area (TPSA) is 77.8 Å². The number of amides is 1. The number of hydrogen-bond acceptors (Lipinski definition) is 6. The minimum Gasteiger partial charge on any atom is -0.482 e. The number of esters is 1. The van der Waals surface area contributed by atoms with Crippen LogP contribution in [0.4, 0.5) is 5.00 Å². The van der Waals surface area contributed by atoms with Gasteiger partial charge in [-0.3, -0.25) is 4.79 Å². The smallest absolute Gasteiger partial charge is 0.341 e. The van der Waals surface area contributed by atoms with Gasteiger partial charge in [-0.15, -0.1) is 11.3 Å². The molecule has 3 aromatic rings. The first kappa shape index (κ1) is 26.0. The fraction of sp³-hybridized carbons (Fsp3) is 0.238. The van der Waals surface area contributed by atoms with Crippen molar-refractivity contribution in [2.24, 2.45) is 0 Å². The Hall–Kier alpha value is -1.61. The first-order valence-electron chi connectivity index (χ1n) is 9.38. The minimum atomic E-state index is -0.540. The summed E-state index contributed by atoms with van der Waals surface area (Å²) in [6, 6.07) is 3.02. The second-order valence-corrected chi connectivity index (χ2v) is 9.73. The lowest BCUT2D eigenvalue weighted by Gasteiger charge is -2.12. The van der Waals surface area contributed by atoms with Crippen molar-refractivity contribution < 1.29 is 23.5 Å². The second kappa shape index (κ2) is 10.8. The molecule has 0 aliphatic rings. The van der Waals surface area contributed by atoms with Crippen LogP contribution in [-0.4, -0.2) is 18.5 Å². The lowest BCUT2D eigenvalue weighted by Crippen LogP contribution is -2.14. The lowest BCUT2D eigenvalue weighted by molar-refractivity contribution is 0.0527. The Morgan fingerprint density at radius 3 is 2.21 bits per heavy atom. The number of furan rings is 1. The van der Waals surface area contributed by atoms with E-state index >= 15 is 0 Å². The molecule has 6 nitrogen and oxygen atoms in total. The van der Waals surface area contributed by atoms with Crippen LogP contribution in [-0.2, 0) is 11.3 Å². The molecular formula is C21H16Cl5NO5S. The number of aryl methyl sites for hydroxylation is 1. The summed E-state index contributed by atoms with van der Waals surface area (Å²) in [6.07, 6.45) is 0. The van der Waals surface area contributed by atoms with Crippen molar-refractivity contribution in [2.75, 3.05) is 11.9 Å². The first-order chi connectivity index (χ1) is 15.6. The maximum absolute atomic E-state index is 12.7. The molecule has 0 saturated heterocycles. The number of hydrogen-bond donors (Lipinski definition) is 1. The van der Waals surface area contributed by atoms with Gasteiger partial charge in [0.1, 0.15) is 27.4 Å². The van der Waals surface area contributed by atoms with Crippen LogP contribution in [0.3, 0.4) is 0 Å². The number of halogens is 5. The van der Waals surface area contributed by atoms with Crippen molar-refractivity contribution in [3.05, 3.63) is 64.8 Å². The van der Waals surface area contributed by atoms with Crippen molar-refractivity contribution in [1.29, 1.82) is 0 Å². The number of ether oxygens (including phenoxy) is 2. The van der Waals surface area contributed by atoms with E-state index in [1.54, 1.807) is 19.9 Å². The van der Waals surface area contributed by atoms with Gasteiger partial charge in [0.25, 0.3) is 5.91 Å². The lowest BCUT2D eigenvalue weighted by atomic mass is 10.1. The van der Waals surface area contributed by atoms with Gasteiger partial charge in [-0.2, -0.15) is 0 Å². The fourth-order valence-corrected chi connectivity index (χ4v) is 5.03. The van der Waals surface area contributed by atoms with Crippen molar-refractivity contribution in [3.63, 3.8) is 0 Å². The predicted octanol–water partition coefficient (Wildman–Crippen LogP) is 8.23. The Balaban J connectivity index is 1.75. The van der Waals surface area contributed by atoms with Crippen molar-refractivity contribution >= 4 is 86.2 Å². The van der Waals surface area contributed by atoms with Gasteiger partial charge < -0.3 is 19.2 Å². The molecule has 0 aliphatic heterocycles. The van der Waals surface area contributed by atoms with E-state index in [1.807, 2.05) is 6.92 Å². The van der Waals surface area contributed by atoms with Crippen LogP contribution in [0.15, 0.2) is 16.5 Å². The average molecular weight is 572 g/mol. The highest BCUT2D eigenvalue weighted by Gasteiger charge is 2.24. The minimum absolute atomic E-state index is 0.00110. The van der Waals surface area contributed by atoms with E-state index in [1.165, 1.54) is 17.4 Å². The molecule has 1 aromatic carbocycles. The molecule has 0 saturated carbocycles. The van der Waals surface area contributed by atoms with Crippen LogP contribution in [0, 0.1) is 13.8 Å². The Bertz CT molecular complexity index is 1210. The molecule has 2 heterocycles. The zero-order valence-corrected chi connectivity index (χ0v) is 22.0. The van der Waals surface area contributed by atoms with Crippen molar-refractivity contribution in [2.45, 2.75) is 27.4 Å². The normalized spacial score (nSPS) is 10.9. The number of thiophene rings is 1. The molecule has 1 amide bonds. The molecule has 2 aromatic heterocycles. The number of rotatable bonds is 7. The SMILES string of the molecule is CCOC(=O)c1c(NC(=O)c2ccc(COc3c(Cl)c(Cl)c(Cl)c(Cl)c3Cl)o2)sc(C)c1C. The molecule has 0 radical (unpaired) electrons. The standard InChI is InChI=1S/C21H16Cl5NO5S/c1-4-30-21(29)12-8(2)9(3)33-20(12)27-19(28)11-6-5-10(32-11)7-31-18-16(25)14(23)13(22)15(24)17(18)26/h5-6H,4,7H2,1-3H3,(H,27,28). The third-order valence-electron chi connectivity index (χ3n) is 4.51. The molecule has 0 atom stereocenters. The molecule has 0 unspecified atom stereocenters. The van der Waals surface area contributed by atoms with Crippen LogP contribution in [0.5, 0.6) is 5.75 Å². The molecule has 1 N–H and O–H groups in total. The maximum atomic E-state index is 12.7. The summed E-state index contributed by atoms with van der Waals surface area (Å²) >= 11 is 31.6. The fourth-order valence-electron chi connectivity index (χ4n) is 2.76. The average Bonchev–Trinajstić information content (AvgIpc) is 3.35. The van der Waals surface area contributed by atoms with Gasteiger partial charge in [0.15, 0.2) is 11.5 Å². The van der Waals surface area contributed by atoms with Gasteiger partial charge in [-0.25, -0.2) is 4.79 Å². The van der Waals surface area contributed by atoms with Gasteiger partial charge in [0.05, 0.1) is 27.2 Å². The number of anilines is 1. The molecule has 3 rings (SSSR count). The summed E-state index contributed by atoms with van der Waals surface area (Å²) in [5.41, 5.74) is 1.07. The third-order valence-corrected chi connectivity index (χ3v) is 7.87. The number of benzene rings is 1. The van der Waals surface area contributed by atoms with E-state index in [9.17, 15) is 9.59 Å². The molecule has 0 fully saturated rings. The Labute approximate surface area is 218 Å². The highest BCUT2D eigenvalue weighted by atomic mass is 35.5. The Morgan fingerprint density at radius 1 is 1.00 bits per heavy atom. The van der Waals surface area contributed by atoms with E-state index in [0.29, 0.717) is 16.3 Å². The molecule has 33 heavy (non-hydrogen) atoms. The first-order valence-corrected chi connectivity index (χ1v) is 12.1. The number of carbonyl (C=O) groups excluding carboxylic acids is 2. The molecule has 0 bridgehead atoms. The van der Waals surface area contributed by atoms with Crippen molar-refractivity contribution in [3.8, 4) is 5.75 Å². The monoisotopic (exact) mass is 569 g/mol. The summed E-state index contributed by atoms with van der Waals surface area (Å²) < 4.78 is 16.3. The highest BCUT2D eigenvalue weighted by molar-refractivity contribution is 7.16. The zero-order valence-electron chi connectivity index (χ0n) is 17.4. The maximum Gasteiger partial charge on any atom is 0.341 e. The summed E-state index contributed by atoms with van der Waals surface area (Å²) in [6.45, 7) is 5.46. The van der Waals surface area contributed by atoms with Gasteiger partial charge >= 0.3 is 5.97 Å². The zero-order chi connectivity index (χ0) is 24.4. The summed E-state index contributed by atoms with van der Waals surface area (Å²) in [7, 11) is 0. The van der Waals surface area contributed by atoms with Crippen LogP contribution in [0.2, 0.25) is 25.1 Å². The van der Waals surface area contributed by atoms with Crippen molar-refractivity contribution in [1.82, 2.24) is 0 Å². The van der Waals surface area contributed by atoms with Crippen LogP contribution < -0.4 is 10.1 Å². The van der Waals surface area contributed by atoms with Crippen LogP contribution in [0.1, 0.15) is 44.0 Å². The molecule has 176 valence electrons. The van der Waals surface area contributed by atoms with Gasteiger partial charge in [-0.05, 0) is 38.5 Å². The van der Waals surface area contributed by atoms with Gasteiger partial charge in [0, 0.05) is 4.88 Å². The van der Waals surface area contributed by atoms with E-state index in [-0.39, 0.29) is 49.8 Å². The highest BCUT2D eigenvalue weighted by Crippen LogP contribution is 2.48. The number of carbonyl (C=O) groups is 2. The van der Waals surface area contributed by atoms with E-state index in [4.69, 9.17) is 71.9 Å². The Morgan fingerprint density at radius 2 is 1.61 bits per heavy atom. The summed E-state index contributed by atoms with van der Waals surface area (Å²) in [5, 5.41) is 3.09. The molecular weight excluding hydrogens is 556 g/mol. The number of nitrogens with one attached hydrogen (secondary N) is 1. The summed E-state index contributed by atoms with van der Waals surface area (Å²) in [4.78, 5) is 25.9. The molecule has 0 aliphatic carbocycles. The quantitative estimate of drug-likeness (QED) is 0.176. The third kappa shape index (κ3) is 5.39. The molecule has 12 heteroatoms. The van der Waals surface area contributed by atoms with Gasteiger partial charge in [-0.1, -0.05) is 58.0 Å². The predicted molar refractivity (Wildman–Crippen MR) is 132 cm³/mol. The van der Waals surface area contributed by atoms with E-state index in [2.05, 4.69) is 5.32 Å². The molecule has 0 spiro atoms. The van der Waals surface area contributed by atoms with E-state index < -0.39 is 11.9 Å². The van der Waals surface area contributed by atoms with Crippen LogP contribution in [0.25, 0.3) is 0 Å². The largest absolute Gasteiger partial charge is 0.482 e. The van der Waals surface area contributed by atoms with Crippen LogP contribution >= 0.6 is 69.3 Å². The van der Waals surface area contributed by atoms with E-state index in [0.717, 1.165) is 10.4 Å². The second-order valence-electron chi connectivity index (χ2n) is 6.62.